The lowest BCUT2D eigenvalue weighted by molar-refractivity contribution is -0.104. The van der Waals surface area contributed by atoms with Gasteiger partial charge >= 0.3 is 0 Å². The second kappa shape index (κ2) is 17.0. The van der Waals surface area contributed by atoms with Crippen LogP contribution in [0.4, 0.5) is 17.3 Å². The van der Waals surface area contributed by atoms with Gasteiger partial charge in [-0.2, -0.15) is 5.26 Å². The summed E-state index contributed by atoms with van der Waals surface area (Å²) in [5.74, 6) is 0.877. The summed E-state index contributed by atoms with van der Waals surface area (Å²) in [5, 5.41) is 17.8. The van der Waals surface area contributed by atoms with Crippen LogP contribution in [0.25, 0.3) is 5.57 Å². The molecule has 0 saturated carbocycles. The zero-order valence-corrected chi connectivity index (χ0v) is 32.2. The van der Waals surface area contributed by atoms with E-state index in [1.165, 1.54) is 6.08 Å². The molecular formula is C53H41N5O. The molecule has 6 nitrogen and oxygen atoms in total. The van der Waals surface area contributed by atoms with Gasteiger partial charge in [0.2, 0.25) is 0 Å². The molecule has 0 radical (unpaired) electrons. The number of rotatable bonds is 13. The van der Waals surface area contributed by atoms with Crippen LogP contribution in [0.5, 0.6) is 0 Å². The highest BCUT2D eigenvalue weighted by Crippen LogP contribution is 2.45. The number of hydrogen-bond acceptors (Lipinski definition) is 6. The van der Waals surface area contributed by atoms with Crippen LogP contribution >= 0.6 is 0 Å². The number of allylic oxidation sites excluding steroid dienone is 1. The van der Waals surface area contributed by atoms with Gasteiger partial charge in [0.05, 0.1) is 17.3 Å². The summed E-state index contributed by atoms with van der Waals surface area (Å²) in [6.07, 6.45) is 2.24. The van der Waals surface area contributed by atoms with Gasteiger partial charge in [0.15, 0.2) is 5.82 Å². The van der Waals surface area contributed by atoms with Gasteiger partial charge in [0.1, 0.15) is 23.2 Å². The molecule has 0 amide bonds. The Hall–Kier alpha value is -8.01. The van der Waals surface area contributed by atoms with Gasteiger partial charge in [-0.05, 0) is 68.8 Å². The van der Waals surface area contributed by atoms with Crippen molar-refractivity contribution in [2.75, 3.05) is 16.4 Å². The van der Waals surface area contributed by atoms with E-state index in [-0.39, 0.29) is 0 Å². The molecule has 1 aromatic heterocycles. The Morgan fingerprint density at radius 1 is 0.525 bits per heavy atom. The summed E-state index contributed by atoms with van der Waals surface area (Å²) in [6.45, 7) is 0. The third-order valence-corrected chi connectivity index (χ3v) is 10.7. The minimum atomic E-state index is -0.981. The van der Waals surface area contributed by atoms with E-state index >= 15 is 0 Å². The third-order valence-electron chi connectivity index (χ3n) is 10.7. The smallest absolute Gasteiger partial charge is 0.153 e. The molecule has 0 bridgehead atoms. The number of nitrogens with two attached hydrogens (primary N) is 1. The maximum absolute atomic E-state index is 12.5. The molecule has 0 atom stereocenters. The van der Waals surface area contributed by atoms with Crippen molar-refractivity contribution in [1.82, 2.24) is 4.98 Å². The van der Waals surface area contributed by atoms with Gasteiger partial charge in [0, 0.05) is 5.56 Å². The highest BCUT2D eigenvalue weighted by Gasteiger charge is 2.40. The van der Waals surface area contributed by atoms with Crippen molar-refractivity contribution in [1.29, 1.82) is 5.26 Å². The van der Waals surface area contributed by atoms with Gasteiger partial charge in [0.25, 0.3) is 0 Å². The highest BCUT2D eigenvalue weighted by molar-refractivity contribution is 5.96. The monoisotopic (exact) mass is 763 g/mol. The Morgan fingerprint density at radius 2 is 0.915 bits per heavy atom. The standard InChI is InChI=1S/C53H41N5O/c54-38-39-20-19-21-40(36-39)47(34-35-59)48-37-49(57-52(41-22-7-1-8-23-41,42-24-9-2-10-25-42)43-26-11-3-12-27-43)56-51(50(48)55)58-53(44-28-13-4-14-29-44,45-30-15-5-16-31-45)46-32-17-6-18-33-46/h1-37H,55H2,(H2,56,57,58)/b47-34+. The average molecular weight is 764 g/mol. The minimum Gasteiger partial charge on any atom is -0.395 e. The normalized spacial score (nSPS) is 11.6. The van der Waals surface area contributed by atoms with Gasteiger partial charge in [-0.15, -0.1) is 0 Å². The summed E-state index contributed by atoms with van der Waals surface area (Å²) >= 11 is 0. The van der Waals surface area contributed by atoms with Gasteiger partial charge in [-0.3, -0.25) is 4.79 Å². The lowest BCUT2D eigenvalue weighted by Gasteiger charge is -2.39. The number of anilines is 3. The number of pyridine rings is 1. The minimum absolute atomic E-state index is 0.322. The molecule has 0 saturated heterocycles. The molecule has 0 aliphatic carbocycles. The molecule has 1 heterocycles. The predicted octanol–water partition coefficient (Wildman–Crippen LogP) is 11.0. The summed E-state index contributed by atoms with van der Waals surface area (Å²) < 4.78 is 0. The topological polar surface area (TPSA) is 104 Å². The van der Waals surface area contributed by atoms with Crippen LogP contribution in [0.3, 0.4) is 0 Å². The number of nitrogens with zero attached hydrogens (tertiary/aromatic N) is 2. The number of nitriles is 1. The molecular weight excluding hydrogens is 723 g/mol. The first-order chi connectivity index (χ1) is 29.1. The number of aromatic nitrogens is 1. The SMILES string of the molecule is N#Cc1cccc(/C(=C\C=O)c2cc(NC(c3ccccc3)(c3ccccc3)c3ccccc3)nc(NC(c3ccccc3)(c3ccccc3)c3ccccc3)c2N)c1. The molecule has 4 N–H and O–H groups in total. The maximum Gasteiger partial charge on any atom is 0.153 e. The van der Waals surface area contributed by atoms with Crippen LogP contribution in [-0.2, 0) is 15.9 Å². The molecule has 0 unspecified atom stereocenters. The van der Waals surface area contributed by atoms with Crippen molar-refractivity contribution in [3.05, 3.63) is 268 Å². The molecule has 0 fully saturated rings. The van der Waals surface area contributed by atoms with E-state index in [0.717, 1.165) is 39.7 Å². The Balaban J connectivity index is 1.45. The molecule has 284 valence electrons. The number of carbonyl (C=O) groups excluding carboxylic acids is 1. The Morgan fingerprint density at radius 3 is 1.29 bits per heavy atom. The molecule has 0 aliphatic rings. The first kappa shape index (κ1) is 37.9. The van der Waals surface area contributed by atoms with Crippen LogP contribution in [0.2, 0.25) is 0 Å². The van der Waals surface area contributed by atoms with Crippen molar-refractivity contribution >= 4 is 29.2 Å². The van der Waals surface area contributed by atoms with E-state index in [2.05, 4.69) is 89.5 Å². The Kier molecular flexibility index (Phi) is 10.9. The van der Waals surface area contributed by atoms with Crippen molar-refractivity contribution in [3.63, 3.8) is 0 Å². The first-order valence-electron chi connectivity index (χ1n) is 19.4. The summed E-state index contributed by atoms with van der Waals surface area (Å²) in [4.78, 5) is 17.9. The summed E-state index contributed by atoms with van der Waals surface area (Å²) in [7, 11) is 0. The lowest BCUT2D eigenvalue weighted by Crippen LogP contribution is -2.40. The zero-order valence-electron chi connectivity index (χ0n) is 32.2. The fourth-order valence-corrected chi connectivity index (χ4v) is 8.03. The van der Waals surface area contributed by atoms with E-state index in [4.69, 9.17) is 10.7 Å². The molecule has 0 aliphatic heterocycles. The number of aldehydes is 1. The van der Waals surface area contributed by atoms with E-state index in [1.807, 2.05) is 121 Å². The number of carbonyl (C=O) groups is 1. The van der Waals surface area contributed by atoms with Gasteiger partial charge in [-0.1, -0.05) is 194 Å². The van der Waals surface area contributed by atoms with Crippen molar-refractivity contribution in [2.24, 2.45) is 0 Å². The molecule has 0 spiro atoms. The quantitative estimate of drug-likeness (QED) is 0.0614. The van der Waals surface area contributed by atoms with E-state index in [1.54, 1.807) is 18.2 Å². The molecule has 8 rings (SSSR count). The Bertz CT molecular complexity index is 2540. The largest absolute Gasteiger partial charge is 0.395 e. The second-order valence-electron chi connectivity index (χ2n) is 14.2. The second-order valence-corrected chi connectivity index (χ2v) is 14.2. The molecule has 7 aromatic carbocycles. The van der Waals surface area contributed by atoms with Gasteiger partial charge < -0.3 is 16.4 Å². The number of nitrogens with one attached hydrogen (secondary N) is 2. The first-order valence-corrected chi connectivity index (χ1v) is 19.4. The number of nitrogen functional groups attached to an aromatic ring is 1. The zero-order chi connectivity index (χ0) is 40.5. The third kappa shape index (κ3) is 7.37. The van der Waals surface area contributed by atoms with E-state index in [0.29, 0.717) is 39.6 Å². The van der Waals surface area contributed by atoms with E-state index in [9.17, 15) is 10.1 Å². The number of benzene rings is 7. The van der Waals surface area contributed by atoms with Crippen LogP contribution in [0.1, 0.15) is 50.1 Å². The fraction of sp³-hybridized carbons (Fsp3) is 0.0377. The fourth-order valence-electron chi connectivity index (χ4n) is 8.03. The predicted molar refractivity (Wildman–Crippen MR) is 239 cm³/mol. The lowest BCUT2D eigenvalue weighted by atomic mass is 9.76. The average Bonchev–Trinajstić information content (AvgIpc) is 3.32. The summed E-state index contributed by atoms with van der Waals surface area (Å²) in [5.41, 5.74) is 13.8. The molecule has 59 heavy (non-hydrogen) atoms. The maximum atomic E-state index is 12.5. The van der Waals surface area contributed by atoms with Crippen LogP contribution < -0.4 is 16.4 Å². The molecule has 6 heteroatoms. The van der Waals surface area contributed by atoms with E-state index < -0.39 is 11.1 Å². The van der Waals surface area contributed by atoms with Gasteiger partial charge in [-0.25, -0.2) is 4.98 Å². The van der Waals surface area contributed by atoms with Crippen LogP contribution in [0.15, 0.2) is 218 Å². The Labute approximate surface area is 345 Å². The highest BCUT2D eigenvalue weighted by atomic mass is 16.1. The van der Waals surface area contributed by atoms with Crippen molar-refractivity contribution < 1.29 is 4.79 Å². The summed E-state index contributed by atoms with van der Waals surface area (Å²) in [6, 6.07) is 73.0. The molecule has 8 aromatic rings. The van der Waals surface area contributed by atoms with Crippen molar-refractivity contribution in [3.8, 4) is 6.07 Å². The van der Waals surface area contributed by atoms with Crippen LogP contribution in [-0.4, -0.2) is 11.3 Å². The number of hydrogen-bond donors (Lipinski definition) is 3. The van der Waals surface area contributed by atoms with Crippen molar-refractivity contribution in [2.45, 2.75) is 11.1 Å². The van der Waals surface area contributed by atoms with Crippen LogP contribution in [0, 0.1) is 11.3 Å².